The fourth-order valence-corrected chi connectivity index (χ4v) is 2.24. The average molecular weight is 298 g/mol. The number of carbonyl (C=O) groups is 1. The van der Waals surface area contributed by atoms with E-state index >= 15 is 0 Å². The lowest BCUT2D eigenvalue weighted by molar-refractivity contribution is -0.136. The lowest BCUT2D eigenvalue weighted by Crippen LogP contribution is -2.04. The first-order chi connectivity index (χ1) is 10.5. The van der Waals surface area contributed by atoms with E-state index in [0.717, 1.165) is 0 Å². The summed E-state index contributed by atoms with van der Waals surface area (Å²) in [4.78, 5) is 22.9. The van der Waals surface area contributed by atoms with E-state index in [2.05, 4.69) is 0 Å². The summed E-state index contributed by atoms with van der Waals surface area (Å²) in [6, 6.07) is 11.6. The van der Waals surface area contributed by atoms with Crippen molar-refractivity contribution in [1.29, 1.82) is 0 Å². The molecule has 1 N–H and O–H groups in total. The van der Waals surface area contributed by atoms with Crippen LogP contribution < -0.4 is 5.43 Å². The third-order valence-electron chi connectivity index (χ3n) is 3.28. The Labute approximate surface area is 124 Å². The molecule has 0 radical (unpaired) electrons. The van der Waals surface area contributed by atoms with Crippen LogP contribution in [-0.2, 0) is 11.2 Å². The van der Waals surface area contributed by atoms with Crippen LogP contribution in [-0.4, -0.2) is 11.1 Å². The van der Waals surface area contributed by atoms with Gasteiger partial charge in [-0.15, -0.1) is 0 Å². The molecule has 4 nitrogen and oxygen atoms in total. The van der Waals surface area contributed by atoms with Crippen LogP contribution in [0, 0.1) is 5.82 Å². The molecule has 110 valence electrons. The van der Waals surface area contributed by atoms with Gasteiger partial charge in [-0.25, -0.2) is 4.39 Å². The highest BCUT2D eigenvalue weighted by Crippen LogP contribution is 2.23. The van der Waals surface area contributed by atoms with Crippen LogP contribution in [0.5, 0.6) is 0 Å². The molecule has 0 unspecified atom stereocenters. The summed E-state index contributed by atoms with van der Waals surface area (Å²) in [7, 11) is 0. The van der Waals surface area contributed by atoms with Crippen LogP contribution in [0.15, 0.2) is 57.7 Å². The lowest BCUT2D eigenvalue weighted by atomic mass is 10.1. The van der Waals surface area contributed by atoms with Gasteiger partial charge in [-0.05, 0) is 42.0 Å². The zero-order valence-corrected chi connectivity index (χ0v) is 11.4. The third-order valence-corrected chi connectivity index (χ3v) is 3.28. The van der Waals surface area contributed by atoms with Gasteiger partial charge in [0.05, 0.1) is 11.8 Å². The van der Waals surface area contributed by atoms with Crippen molar-refractivity contribution in [2.24, 2.45) is 0 Å². The van der Waals surface area contributed by atoms with Crippen molar-refractivity contribution in [3.8, 4) is 11.3 Å². The highest BCUT2D eigenvalue weighted by molar-refractivity contribution is 5.81. The quantitative estimate of drug-likeness (QED) is 0.806. The van der Waals surface area contributed by atoms with Crippen molar-refractivity contribution in [1.82, 2.24) is 0 Å². The smallest absolute Gasteiger partial charge is 0.307 e. The van der Waals surface area contributed by atoms with Gasteiger partial charge < -0.3 is 9.52 Å². The monoisotopic (exact) mass is 298 g/mol. The standard InChI is InChI=1S/C17H11FO4/c18-12-4-2-11(3-5-12)16-9-14(19)13-7-10(8-17(20)21)1-6-15(13)22-16/h1-7,9H,8H2,(H,20,21). The van der Waals surface area contributed by atoms with Crippen molar-refractivity contribution in [2.75, 3.05) is 0 Å². The summed E-state index contributed by atoms with van der Waals surface area (Å²) in [6.07, 6.45) is -0.158. The molecule has 5 heteroatoms. The van der Waals surface area contributed by atoms with E-state index in [-0.39, 0.29) is 17.7 Å². The number of aliphatic carboxylic acids is 1. The second kappa shape index (κ2) is 5.44. The zero-order valence-electron chi connectivity index (χ0n) is 11.4. The summed E-state index contributed by atoms with van der Waals surface area (Å²) in [5.41, 5.74) is 1.21. The predicted molar refractivity (Wildman–Crippen MR) is 79.2 cm³/mol. The second-order valence-electron chi connectivity index (χ2n) is 4.88. The van der Waals surface area contributed by atoms with E-state index < -0.39 is 5.97 Å². The second-order valence-corrected chi connectivity index (χ2v) is 4.88. The molecule has 2 aromatic carbocycles. The Bertz CT molecular complexity index is 910. The summed E-state index contributed by atoms with van der Waals surface area (Å²) >= 11 is 0. The van der Waals surface area contributed by atoms with Gasteiger partial charge in [0.15, 0.2) is 5.43 Å². The Morgan fingerprint density at radius 1 is 1.09 bits per heavy atom. The minimum Gasteiger partial charge on any atom is -0.481 e. The number of halogens is 1. The molecule has 0 amide bonds. The highest BCUT2D eigenvalue weighted by atomic mass is 19.1. The molecular weight excluding hydrogens is 287 g/mol. The topological polar surface area (TPSA) is 67.5 Å². The maximum Gasteiger partial charge on any atom is 0.307 e. The lowest BCUT2D eigenvalue weighted by Gasteiger charge is -2.04. The molecule has 0 saturated heterocycles. The van der Waals surface area contributed by atoms with E-state index in [0.29, 0.717) is 27.9 Å². The predicted octanol–water partition coefficient (Wildman–Crippen LogP) is 3.23. The van der Waals surface area contributed by atoms with E-state index in [1.165, 1.54) is 36.4 Å². The van der Waals surface area contributed by atoms with Crippen LogP contribution in [0.25, 0.3) is 22.3 Å². The van der Waals surface area contributed by atoms with Gasteiger partial charge in [0, 0.05) is 11.6 Å². The summed E-state index contributed by atoms with van der Waals surface area (Å²) in [6.45, 7) is 0. The van der Waals surface area contributed by atoms with Crippen LogP contribution in [0.2, 0.25) is 0 Å². The molecule has 1 aromatic heterocycles. The number of rotatable bonds is 3. The van der Waals surface area contributed by atoms with Crippen molar-refractivity contribution in [3.05, 3.63) is 70.1 Å². The summed E-state index contributed by atoms with van der Waals surface area (Å²) < 4.78 is 18.6. The molecular formula is C17H11FO4. The van der Waals surface area contributed by atoms with Crippen molar-refractivity contribution < 1.29 is 18.7 Å². The van der Waals surface area contributed by atoms with E-state index in [1.54, 1.807) is 12.1 Å². The number of benzene rings is 2. The van der Waals surface area contributed by atoms with Crippen molar-refractivity contribution in [2.45, 2.75) is 6.42 Å². The Kier molecular flexibility index (Phi) is 3.47. The van der Waals surface area contributed by atoms with Crippen LogP contribution in [0.3, 0.4) is 0 Å². The van der Waals surface area contributed by atoms with Gasteiger partial charge in [0.25, 0.3) is 0 Å². The molecule has 0 aliphatic rings. The highest BCUT2D eigenvalue weighted by Gasteiger charge is 2.09. The Morgan fingerprint density at radius 2 is 1.82 bits per heavy atom. The number of fused-ring (bicyclic) bond motifs is 1. The van der Waals surface area contributed by atoms with Crippen LogP contribution >= 0.6 is 0 Å². The molecule has 3 aromatic rings. The molecule has 0 aliphatic heterocycles. The third kappa shape index (κ3) is 2.74. The maximum absolute atomic E-state index is 12.9. The molecule has 0 saturated carbocycles. The minimum atomic E-state index is -0.966. The Hall–Kier alpha value is -2.95. The molecule has 0 aliphatic carbocycles. The molecule has 3 rings (SSSR count). The summed E-state index contributed by atoms with van der Waals surface area (Å²) in [5.74, 6) is -1.000. The van der Waals surface area contributed by atoms with Gasteiger partial charge in [0.2, 0.25) is 0 Å². The SMILES string of the molecule is O=C(O)Cc1ccc2oc(-c3ccc(F)cc3)cc(=O)c2c1. The zero-order chi connectivity index (χ0) is 15.7. The first-order valence-electron chi connectivity index (χ1n) is 6.57. The van der Waals surface area contributed by atoms with Crippen LogP contribution in [0.4, 0.5) is 4.39 Å². The first-order valence-corrected chi connectivity index (χ1v) is 6.57. The van der Waals surface area contributed by atoms with Gasteiger partial charge in [0.1, 0.15) is 17.2 Å². The van der Waals surface area contributed by atoms with Gasteiger partial charge in [-0.3, -0.25) is 9.59 Å². The van der Waals surface area contributed by atoms with Gasteiger partial charge in [-0.2, -0.15) is 0 Å². The number of carboxylic acids is 1. The molecule has 0 bridgehead atoms. The average Bonchev–Trinajstić information content (AvgIpc) is 2.48. The molecule has 0 atom stereocenters. The van der Waals surface area contributed by atoms with Crippen LogP contribution in [0.1, 0.15) is 5.56 Å². The first kappa shape index (κ1) is 14.0. The van der Waals surface area contributed by atoms with Gasteiger partial charge >= 0.3 is 5.97 Å². The molecule has 0 spiro atoms. The number of hydrogen-bond acceptors (Lipinski definition) is 3. The Balaban J connectivity index is 2.11. The molecule has 22 heavy (non-hydrogen) atoms. The molecule has 1 heterocycles. The van der Waals surface area contributed by atoms with E-state index in [1.807, 2.05) is 0 Å². The van der Waals surface area contributed by atoms with Crippen molar-refractivity contribution >= 4 is 16.9 Å². The maximum atomic E-state index is 12.9. The van der Waals surface area contributed by atoms with E-state index in [4.69, 9.17) is 9.52 Å². The fourth-order valence-electron chi connectivity index (χ4n) is 2.24. The summed E-state index contributed by atoms with van der Waals surface area (Å²) in [5, 5.41) is 9.11. The fraction of sp³-hybridized carbons (Fsp3) is 0.0588. The van der Waals surface area contributed by atoms with Gasteiger partial charge in [-0.1, -0.05) is 6.07 Å². The number of hydrogen-bond donors (Lipinski definition) is 1. The number of carboxylic acid groups (broad SMARTS) is 1. The largest absolute Gasteiger partial charge is 0.481 e. The Morgan fingerprint density at radius 3 is 2.50 bits per heavy atom. The van der Waals surface area contributed by atoms with E-state index in [9.17, 15) is 14.0 Å². The normalized spacial score (nSPS) is 10.8. The van der Waals surface area contributed by atoms with Crippen molar-refractivity contribution in [3.63, 3.8) is 0 Å². The minimum absolute atomic E-state index is 0.158. The molecule has 0 fully saturated rings.